The lowest BCUT2D eigenvalue weighted by Gasteiger charge is -2.47. The van der Waals surface area contributed by atoms with E-state index in [9.17, 15) is 4.39 Å². The molecule has 18 heavy (non-hydrogen) atoms. The summed E-state index contributed by atoms with van der Waals surface area (Å²) in [6, 6.07) is 7.90. The number of rotatable bonds is 2. The molecule has 4 heteroatoms. The van der Waals surface area contributed by atoms with Crippen molar-refractivity contribution in [1.82, 2.24) is 4.90 Å². The second-order valence-corrected chi connectivity index (χ2v) is 5.38. The van der Waals surface area contributed by atoms with E-state index in [4.69, 9.17) is 10.5 Å². The van der Waals surface area contributed by atoms with Crippen LogP contribution in [-0.4, -0.2) is 36.2 Å². The molecule has 2 aliphatic heterocycles. The van der Waals surface area contributed by atoms with Crippen molar-refractivity contribution in [1.29, 1.82) is 0 Å². The summed E-state index contributed by atoms with van der Waals surface area (Å²) in [5.41, 5.74) is 7.22. The summed E-state index contributed by atoms with van der Waals surface area (Å²) < 4.78 is 18.5. The number of nitrogens with two attached hydrogens (primary N) is 1. The van der Waals surface area contributed by atoms with Gasteiger partial charge in [-0.25, -0.2) is 4.39 Å². The Bertz CT molecular complexity index is 395. The van der Waals surface area contributed by atoms with Crippen LogP contribution in [0, 0.1) is 5.82 Å². The molecule has 2 N–H and O–H groups in total. The maximum Gasteiger partial charge on any atom is 0.123 e. The molecule has 2 bridgehead atoms. The molecule has 1 aromatic rings. The standard InChI is InChI=1S/C14H19FN2O/c15-11-3-1-10(2-4-11)7-17-13-5-12(16)6-14(17)9-18-8-13/h1-4,12-14H,5-9,16H2. The van der Waals surface area contributed by atoms with Gasteiger partial charge in [-0.05, 0) is 30.5 Å². The summed E-state index contributed by atoms with van der Waals surface area (Å²) in [6.07, 6.45) is 2.00. The fourth-order valence-electron chi connectivity index (χ4n) is 3.09. The SMILES string of the molecule is NC1CC2COCC(C1)N2Cc1ccc(F)cc1. The van der Waals surface area contributed by atoms with Gasteiger partial charge in [-0.3, -0.25) is 4.90 Å². The van der Waals surface area contributed by atoms with Gasteiger partial charge in [-0.2, -0.15) is 0 Å². The number of halogens is 1. The van der Waals surface area contributed by atoms with E-state index in [-0.39, 0.29) is 5.82 Å². The normalized spacial score (nSPS) is 32.4. The van der Waals surface area contributed by atoms with Crippen LogP contribution in [0.25, 0.3) is 0 Å². The van der Waals surface area contributed by atoms with E-state index in [1.807, 2.05) is 12.1 Å². The first-order valence-corrected chi connectivity index (χ1v) is 6.56. The summed E-state index contributed by atoms with van der Waals surface area (Å²) in [6.45, 7) is 2.41. The maximum atomic E-state index is 12.9. The number of morpholine rings is 1. The number of hydrogen-bond acceptors (Lipinski definition) is 3. The van der Waals surface area contributed by atoms with Crippen LogP contribution < -0.4 is 5.73 Å². The minimum atomic E-state index is -0.178. The van der Waals surface area contributed by atoms with Crippen molar-refractivity contribution in [3.63, 3.8) is 0 Å². The highest BCUT2D eigenvalue weighted by atomic mass is 19.1. The van der Waals surface area contributed by atoms with E-state index < -0.39 is 0 Å². The van der Waals surface area contributed by atoms with Crippen LogP contribution in [0.1, 0.15) is 18.4 Å². The molecule has 0 saturated carbocycles. The van der Waals surface area contributed by atoms with Crippen LogP contribution >= 0.6 is 0 Å². The van der Waals surface area contributed by atoms with Crippen LogP contribution in [0.15, 0.2) is 24.3 Å². The third kappa shape index (κ3) is 2.41. The molecule has 2 fully saturated rings. The number of hydrogen-bond donors (Lipinski definition) is 1. The highest BCUT2D eigenvalue weighted by Gasteiger charge is 2.37. The van der Waals surface area contributed by atoms with Crippen molar-refractivity contribution in [2.24, 2.45) is 5.73 Å². The van der Waals surface area contributed by atoms with Crippen molar-refractivity contribution in [3.05, 3.63) is 35.6 Å². The monoisotopic (exact) mass is 250 g/mol. The average molecular weight is 250 g/mol. The van der Waals surface area contributed by atoms with Crippen molar-refractivity contribution in [2.75, 3.05) is 13.2 Å². The van der Waals surface area contributed by atoms with Crippen LogP contribution in [-0.2, 0) is 11.3 Å². The third-order valence-corrected chi connectivity index (χ3v) is 3.99. The number of fused-ring (bicyclic) bond motifs is 2. The Morgan fingerprint density at radius 3 is 2.39 bits per heavy atom. The Hall–Kier alpha value is -0.970. The van der Waals surface area contributed by atoms with Crippen molar-refractivity contribution in [3.8, 4) is 0 Å². The highest BCUT2D eigenvalue weighted by molar-refractivity contribution is 5.16. The summed E-state index contributed by atoms with van der Waals surface area (Å²) >= 11 is 0. The van der Waals surface area contributed by atoms with Crippen molar-refractivity contribution in [2.45, 2.75) is 37.5 Å². The third-order valence-electron chi connectivity index (χ3n) is 3.99. The van der Waals surface area contributed by atoms with Gasteiger partial charge in [0.1, 0.15) is 5.82 Å². The minimum absolute atomic E-state index is 0.178. The Balaban J connectivity index is 1.73. The van der Waals surface area contributed by atoms with Gasteiger partial charge in [0.2, 0.25) is 0 Å². The number of nitrogens with zero attached hydrogens (tertiary/aromatic N) is 1. The molecule has 3 nitrogen and oxygen atoms in total. The molecule has 2 aliphatic rings. The van der Waals surface area contributed by atoms with Gasteiger partial charge in [-0.1, -0.05) is 12.1 Å². The Morgan fingerprint density at radius 2 is 1.78 bits per heavy atom. The highest BCUT2D eigenvalue weighted by Crippen LogP contribution is 2.28. The van der Waals surface area contributed by atoms with Gasteiger partial charge in [0.15, 0.2) is 0 Å². The zero-order valence-electron chi connectivity index (χ0n) is 10.4. The van der Waals surface area contributed by atoms with E-state index in [0.717, 1.165) is 38.2 Å². The molecule has 0 spiro atoms. The van der Waals surface area contributed by atoms with Gasteiger partial charge in [-0.15, -0.1) is 0 Å². The quantitative estimate of drug-likeness (QED) is 0.865. The number of ether oxygens (including phenoxy) is 1. The Labute approximate surface area is 107 Å². The first-order chi connectivity index (χ1) is 8.72. The summed E-state index contributed by atoms with van der Waals surface area (Å²) in [7, 11) is 0. The molecule has 3 rings (SSSR count). The molecule has 1 aromatic carbocycles. The molecular weight excluding hydrogens is 231 g/mol. The minimum Gasteiger partial charge on any atom is -0.378 e. The lowest BCUT2D eigenvalue weighted by molar-refractivity contribution is -0.0819. The van der Waals surface area contributed by atoms with Crippen LogP contribution in [0.5, 0.6) is 0 Å². The second kappa shape index (κ2) is 4.96. The molecule has 2 heterocycles. The van der Waals surface area contributed by atoms with E-state index in [0.29, 0.717) is 18.1 Å². The summed E-state index contributed by atoms with van der Waals surface area (Å²) in [5, 5.41) is 0. The maximum absolute atomic E-state index is 12.9. The number of benzene rings is 1. The van der Waals surface area contributed by atoms with Gasteiger partial charge < -0.3 is 10.5 Å². The van der Waals surface area contributed by atoms with Crippen LogP contribution in [0.3, 0.4) is 0 Å². The van der Waals surface area contributed by atoms with Gasteiger partial charge in [0, 0.05) is 24.7 Å². The molecule has 0 amide bonds. The number of piperidine rings is 1. The molecule has 0 aromatic heterocycles. The molecule has 2 saturated heterocycles. The van der Waals surface area contributed by atoms with Crippen LogP contribution in [0.4, 0.5) is 4.39 Å². The van der Waals surface area contributed by atoms with Gasteiger partial charge in [0.05, 0.1) is 13.2 Å². The van der Waals surface area contributed by atoms with Gasteiger partial charge >= 0.3 is 0 Å². The molecule has 98 valence electrons. The molecule has 2 unspecified atom stereocenters. The van der Waals surface area contributed by atoms with E-state index >= 15 is 0 Å². The fraction of sp³-hybridized carbons (Fsp3) is 0.571. The topological polar surface area (TPSA) is 38.5 Å². The molecule has 0 aliphatic carbocycles. The lowest BCUT2D eigenvalue weighted by atomic mass is 9.90. The molecular formula is C14H19FN2O. The zero-order valence-corrected chi connectivity index (χ0v) is 10.4. The fourth-order valence-corrected chi connectivity index (χ4v) is 3.09. The van der Waals surface area contributed by atoms with Crippen molar-refractivity contribution >= 4 is 0 Å². The van der Waals surface area contributed by atoms with E-state index in [1.165, 1.54) is 12.1 Å². The molecule has 0 radical (unpaired) electrons. The van der Waals surface area contributed by atoms with E-state index in [2.05, 4.69) is 4.90 Å². The van der Waals surface area contributed by atoms with Gasteiger partial charge in [0.25, 0.3) is 0 Å². The zero-order chi connectivity index (χ0) is 12.5. The van der Waals surface area contributed by atoms with E-state index in [1.54, 1.807) is 0 Å². The summed E-state index contributed by atoms with van der Waals surface area (Å²) in [4.78, 5) is 2.47. The second-order valence-electron chi connectivity index (χ2n) is 5.38. The lowest BCUT2D eigenvalue weighted by Crippen LogP contribution is -2.58. The smallest absolute Gasteiger partial charge is 0.123 e. The molecule has 2 atom stereocenters. The first-order valence-electron chi connectivity index (χ1n) is 6.56. The Morgan fingerprint density at radius 1 is 1.17 bits per heavy atom. The largest absolute Gasteiger partial charge is 0.378 e. The van der Waals surface area contributed by atoms with Crippen molar-refractivity contribution < 1.29 is 9.13 Å². The predicted octanol–water partition coefficient (Wildman–Crippen LogP) is 1.52. The average Bonchev–Trinajstić information content (AvgIpc) is 2.33. The Kier molecular flexibility index (Phi) is 3.33. The summed E-state index contributed by atoms with van der Waals surface area (Å²) in [5.74, 6) is -0.178. The predicted molar refractivity (Wildman–Crippen MR) is 67.5 cm³/mol. The van der Waals surface area contributed by atoms with Crippen LogP contribution in [0.2, 0.25) is 0 Å². The first kappa shape index (κ1) is 12.1.